The van der Waals surface area contributed by atoms with Crippen LogP contribution >= 0.6 is 23.5 Å². The summed E-state index contributed by atoms with van der Waals surface area (Å²) in [5.41, 5.74) is 2.52. The average molecular weight is 310 g/mol. The van der Waals surface area contributed by atoms with Crippen molar-refractivity contribution in [1.29, 1.82) is 0 Å². The van der Waals surface area contributed by atoms with Gasteiger partial charge in [0, 0.05) is 27.7 Å². The van der Waals surface area contributed by atoms with Crippen LogP contribution in [0.3, 0.4) is 0 Å². The van der Waals surface area contributed by atoms with Gasteiger partial charge in [0.25, 0.3) is 0 Å². The van der Waals surface area contributed by atoms with Crippen molar-refractivity contribution in [2.75, 3.05) is 11.5 Å². The van der Waals surface area contributed by atoms with Crippen LogP contribution in [-0.4, -0.2) is 21.5 Å². The molecule has 3 aromatic rings. The lowest BCUT2D eigenvalue weighted by atomic mass is 10.0. The molecule has 2 nitrogen and oxygen atoms in total. The summed E-state index contributed by atoms with van der Waals surface area (Å²) in [5.74, 6) is 2.87. The Balaban J connectivity index is 1.57. The predicted molar refractivity (Wildman–Crippen MR) is 90.2 cm³/mol. The zero-order chi connectivity index (χ0) is 14.1. The number of rotatable bonds is 3. The summed E-state index contributed by atoms with van der Waals surface area (Å²) in [6, 6.07) is 17.0. The van der Waals surface area contributed by atoms with Crippen molar-refractivity contribution in [3.05, 3.63) is 60.4 Å². The van der Waals surface area contributed by atoms with Crippen LogP contribution in [0.25, 0.3) is 10.9 Å². The molecular formula is C17H14N2S2. The summed E-state index contributed by atoms with van der Waals surface area (Å²) in [4.78, 5) is 10.2. The van der Waals surface area contributed by atoms with Crippen LogP contribution in [0.1, 0.15) is 11.5 Å². The predicted octanol–water partition coefficient (Wildman–Crippen LogP) is 4.61. The van der Waals surface area contributed by atoms with E-state index in [2.05, 4.69) is 46.4 Å². The Labute approximate surface area is 132 Å². The number of hydrogen-bond acceptors (Lipinski definition) is 4. The van der Waals surface area contributed by atoms with E-state index < -0.39 is 0 Å². The van der Waals surface area contributed by atoms with Gasteiger partial charge in [-0.2, -0.15) is 0 Å². The van der Waals surface area contributed by atoms with Crippen molar-refractivity contribution < 1.29 is 0 Å². The first kappa shape index (κ1) is 13.2. The molecule has 1 atom stereocenters. The third-order valence-electron chi connectivity index (χ3n) is 3.73. The van der Waals surface area contributed by atoms with Crippen molar-refractivity contribution in [3.8, 4) is 0 Å². The minimum Gasteiger partial charge on any atom is -0.236 e. The van der Waals surface area contributed by atoms with Gasteiger partial charge in [-0.05, 0) is 17.7 Å². The fraction of sp³-hybridized carbons (Fsp3) is 0.176. The van der Waals surface area contributed by atoms with E-state index in [4.69, 9.17) is 0 Å². The first-order chi connectivity index (χ1) is 10.4. The van der Waals surface area contributed by atoms with E-state index in [-0.39, 0.29) is 0 Å². The standard InChI is InChI=1S/C17H14N2S2/c1-3-7-15-14(6-1)17(19-11-18-15)21-10-12-9-20-16-8-4-2-5-13(12)16/h1-8,11-12H,9-10H2. The first-order valence-electron chi connectivity index (χ1n) is 6.96. The van der Waals surface area contributed by atoms with E-state index in [1.807, 2.05) is 35.7 Å². The summed E-state index contributed by atoms with van der Waals surface area (Å²) >= 11 is 3.81. The highest BCUT2D eigenvalue weighted by Crippen LogP contribution is 2.42. The summed E-state index contributed by atoms with van der Waals surface area (Å²) in [7, 11) is 0. The lowest BCUT2D eigenvalue weighted by molar-refractivity contribution is 0.894. The molecule has 0 saturated heterocycles. The van der Waals surface area contributed by atoms with Crippen LogP contribution in [0.15, 0.2) is 64.8 Å². The third-order valence-corrected chi connectivity index (χ3v) is 6.15. The minimum absolute atomic E-state index is 0.616. The molecule has 1 aliphatic rings. The maximum absolute atomic E-state index is 4.47. The molecule has 0 bridgehead atoms. The van der Waals surface area contributed by atoms with Gasteiger partial charge in [0.1, 0.15) is 11.4 Å². The Hall–Kier alpha value is -1.52. The fourth-order valence-electron chi connectivity index (χ4n) is 2.64. The molecule has 0 amide bonds. The van der Waals surface area contributed by atoms with E-state index in [0.29, 0.717) is 5.92 Å². The van der Waals surface area contributed by atoms with Gasteiger partial charge in [-0.3, -0.25) is 0 Å². The molecule has 104 valence electrons. The van der Waals surface area contributed by atoms with Crippen molar-refractivity contribution in [3.63, 3.8) is 0 Å². The molecule has 0 saturated carbocycles. The second kappa shape index (κ2) is 5.70. The monoisotopic (exact) mass is 310 g/mol. The number of aromatic nitrogens is 2. The Morgan fingerprint density at radius 3 is 2.90 bits per heavy atom. The van der Waals surface area contributed by atoms with Gasteiger partial charge in [0.05, 0.1) is 5.52 Å². The third kappa shape index (κ3) is 2.54. The topological polar surface area (TPSA) is 25.8 Å². The largest absolute Gasteiger partial charge is 0.236 e. The molecule has 1 aromatic heterocycles. The van der Waals surface area contributed by atoms with Crippen molar-refractivity contribution >= 4 is 34.4 Å². The molecule has 1 aliphatic heterocycles. The van der Waals surface area contributed by atoms with Gasteiger partial charge in [0.15, 0.2) is 0 Å². The van der Waals surface area contributed by atoms with E-state index in [1.165, 1.54) is 16.2 Å². The number of fused-ring (bicyclic) bond motifs is 2. The van der Waals surface area contributed by atoms with Gasteiger partial charge in [-0.25, -0.2) is 9.97 Å². The average Bonchev–Trinajstić information content (AvgIpc) is 2.96. The Bertz CT molecular complexity index is 783. The van der Waals surface area contributed by atoms with Crippen LogP contribution in [0.2, 0.25) is 0 Å². The second-order valence-corrected chi connectivity index (χ2v) is 7.12. The van der Waals surface area contributed by atoms with Gasteiger partial charge < -0.3 is 0 Å². The molecule has 0 radical (unpaired) electrons. The highest BCUT2D eigenvalue weighted by Gasteiger charge is 2.23. The molecule has 0 fully saturated rings. The van der Waals surface area contributed by atoms with Gasteiger partial charge in [-0.15, -0.1) is 23.5 Å². The van der Waals surface area contributed by atoms with Crippen molar-refractivity contribution in [1.82, 2.24) is 9.97 Å². The van der Waals surface area contributed by atoms with Crippen LogP contribution < -0.4 is 0 Å². The number of para-hydroxylation sites is 1. The minimum atomic E-state index is 0.616. The highest BCUT2D eigenvalue weighted by atomic mass is 32.2. The van der Waals surface area contributed by atoms with Crippen LogP contribution in [0, 0.1) is 0 Å². The molecule has 0 N–H and O–H groups in total. The Kier molecular flexibility index (Phi) is 3.57. The second-order valence-electron chi connectivity index (χ2n) is 5.05. The lowest BCUT2D eigenvalue weighted by Crippen LogP contribution is -2.00. The SMILES string of the molecule is c1ccc2c(c1)SCC2CSc1ncnc2ccccc12. The summed E-state index contributed by atoms with van der Waals surface area (Å²) < 4.78 is 0. The number of benzene rings is 2. The summed E-state index contributed by atoms with van der Waals surface area (Å²) in [6.07, 6.45) is 1.67. The van der Waals surface area contributed by atoms with E-state index in [9.17, 15) is 0 Å². The van der Waals surface area contributed by atoms with Crippen LogP contribution in [-0.2, 0) is 0 Å². The zero-order valence-corrected chi connectivity index (χ0v) is 13.0. The maximum Gasteiger partial charge on any atom is 0.117 e. The molecule has 4 heteroatoms. The quantitative estimate of drug-likeness (QED) is 0.521. The first-order valence-corrected chi connectivity index (χ1v) is 8.93. The lowest BCUT2D eigenvalue weighted by Gasteiger charge is -2.10. The number of thioether (sulfide) groups is 2. The molecule has 0 aliphatic carbocycles. The van der Waals surface area contributed by atoms with Crippen molar-refractivity contribution in [2.45, 2.75) is 15.8 Å². The summed E-state index contributed by atoms with van der Waals surface area (Å²) in [5, 5.41) is 2.25. The van der Waals surface area contributed by atoms with E-state index in [1.54, 1.807) is 6.33 Å². The Morgan fingerprint density at radius 2 is 1.90 bits per heavy atom. The van der Waals surface area contributed by atoms with E-state index >= 15 is 0 Å². The van der Waals surface area contributed by atoms with Crippen LogP contribution in [0.4, 0.5) is 0 Å². The van der Waals surface area contributed by atoms with Crippen LogP contribution in [0.5, 0.6) is 0 Å². The molecule has 21 heavy (non-hydrogen) atoms. The van der Waals surface area contributed by atoms with Crippen molar-refractivity contribution in [2.24, 2.45) is 0 Å². The zero-order valence-electron chi connectivity index (χ0n) is 11.4. The maximum atomic E-state index is 4.47. The van der Waals surface area contributed by atoms with E-state index in [0.717, 1.165) is 21.7 Å². The van der Waals surface area contributed by atoms with Gasteiger partial charge in [0.2, 0.25) is 0 Å². The normalized spacial score (nSPS) is 17.0. The van der Waals surface area contributed by atoms with Gasteiger partial charge in [-0.1, -0.05) is 36.4 Å². The molecule has 0 spiro atoms. The molecular weight excluding hydrogens is 296 g/mol. The number of nitrogens with zero attached hydrogens (tertiary/aromatic N) is 2. The molecule has 2 aromatic carbocycles. The molecule has 2 heterocycles. The fourth-order valence-corrected chi connectivity index (χ4v) is 5.15. The molecule has 4 rings (SSSR count). The highest BCUT2D eigenvalue weighted by molar-refractivity contribution is 8.00. The summed E-state index contributed by atoms with van der Waals surface area (Å²) in [6.45, 7) is 0. The molecule has 1 unspecified atom stereocenters. The Morgan fingerprint density at radius 1 is 1.05 bits per heavy atom. The van der Waals surface area contributed by atoms with Gasteiger partial charge >= 0.3 is 0 Å². The number of hydrogen-bond donors (Lipinski definition) is 0. The smallest absolute Gasteiger partial charge is 0.117 e.